The molecule has 1 aromatic heterocycles. The number of ether oxygens (including phenoxy) is 1. The Labute approximate surface area is 158 Å². The Bertz CT molecular complexity index is 799. The smallest absolute Gasteiger partial charge is 0.249 e. The van der Waals surface area contributed by atoms with Crippen molar-refractivity contribution in [2.75, 3.05) is 24.6 Å². The summed E-state index contributed by atoms with van der Waals surface area (Å²) in [5.41, 5.74) is 0.623. The van der Waals surface area contributed by atoms with Crippen LogP contribution in [0.1, 0.15) is 25.7 Å². The lowest BCUT2D eigenvalue weighted by atomic mass is 10.0. The summed E-state index contributed by atoms with van der Waals surface area (Å²) >= 11 is 0. The summed E-state index contributed by atoms with van der Waals surface area (Å²) in [6, 6.07) is 9.13. The summed E-state index contributed by atoms with van der Waals surface area (Å²) in [5, 5.41) is 13.2. The van der Waals surface area contributed by atoms with Gasteiger partial charge in [0.05, 0.1) is 5.56 Å². The molecule has 142 valence electrons. The molecule has 7 nitrogen and oxygen atoms in total. The number of phenolic OH excluding ortho intramolecular Hbond substituents is 1. The second kappa shape index (κ2) is 7.92. The van der Waals surface area contributed by atoms with Crippen LogP contribution in [0.2, 0.25) is 0 Å². The average Bonchev–Trinajstić information content (AvgIpc) is 3.24. The SMILES string of the molecule is O=C(NC1CCN(c2ccnc(-c3ccccc3O)n2)CC1)[C@H]1CCCO1. The summed E-state index contributed by atoms with van der Waals surface area (Å²) in [7, 11) is 0. The quantitative estimate of drug-likeness (QED) is 0.859. The first-order valence-corrected chi connectivity index (χ1v) is 9.49. The summed E-state index contributed by atoms with van der Waals surface area (Å²) in [6.45, 7) is 2.31. The molecule has 3 heterocycles. The van der Waals surface area contributed by atoms with Gasteiger partial charge in [0.25, 0.3) is 0 Å². The van der Waals surface area contributed by atoms with E-state index in [9.17, 15) is 9.90 Å². The number of hydrogen-bond acceptors (Lipinski definition) is 6. The molecule has 2 aliphatic heterocycles. The number of benzene rings is 1. The van der Waals surface area contributed by atoms with Crippen molar-refractivity contribution in [3.63, 3.8) is 0 Å². The normalized spacial score (nSPS) is 20.6. The van der Waals surface area contributed by atoms with Crippen molar-refractivity contribution in [3.8, 4) is 17.1 Å². The molecule has 27 heavy (non-hydrogen) atoms. The number of anilines is 1. The molecule has 0 bridgehead atoms. The minimum Gasteiger partial charge on any atom is -0.507 e. The summed E-state index contributed by atoms with van der Waals surface area (Å²) in [4.78, 5) is 23.3. The van der Waals surface area contributed by atoms with Crippen LogP contribution in [0.15, 0.2) is 36.5 Å². The summed E-state index contributed by atoms with van der Waals surface area (Å²) < 4.78 is 5.45. The second-order valence-electron chi connectivity index (χ2n) is 7.03. The number of nitrogens with one attached hydrogen (secondary N) is 1. The van der Waals surface area contributed by atoms with Crippen molar-refractivity contribution in [3.05, 3.63) is 36.5 Å². The second-order valence-corrected chi connectivity index (χ2v) is 7.03. The molecule has 2 fully saturated rings. The zero-order valence-electron chi connectivity index (χ0n) is 15.2. The van der Waals surface area contributed by atoms with Crippen molar-refractivity contribution < 1.29 is 14.6 Å². The van der Waals surface area contributed by atoms with Crippen LogP contribution in [-0.2, 0) is 9.53 Å². The van der Waals surface area contributed by atoms with Crippen LogP contribution in [0.25, 0.3) is 11.4 Å². The predicted molar refractivity (Wildman–Crippen MR) is 101 cm³/mol. The summed E-state index contributed by atoms with van der Waals surface area (Å²) in [5.74, 6) is 1.55. The Balaban J connectivity index is 1.38. The van der Waals surface area contributed by atoms with Crippen LogP contribution in [0.3, 0.4) is 0 Å². The third kappa shape index (κ3) is 4.03. The number of rotatable bonds is 4. The Morgan fingerprint density at radius 2 is 2.00 bits per heavy atom. The monoisotopic (exact) mass is 368 g/mol. The molecule has 0 unspecified atom stereocenters. The number of phenols is 1. The van der Waals surface area contributed by atoms with Gasteiger partial charge in [-0.3, -0.25) is 4.79 Å². The van der Waals surface area contributed by atoms with Crippen molar-refractivity contribution in [1.29, 1.82) is 0 Å². The lowest BCUT2D eigenvalue weighted by molar-refractivity contribution is -0.130. The van der Waals surface area contributed by atoms with Gasteiger partial charge in [0.15, 0.2) is 5.82 Å². The van der Waals surface area contributed by atoms with Crippen LogP contribution in [-0.4, -0.2) is 52.8 Å². The van der Waals surface area contributed by atoms with E-state index in [0.29, 0.717) is 18.0 Å². The van der Waals surface area contributed by atoms with Gasteiger partial charge in [-0.1, -0.05) is 12.1 Å². The average molecular weight is 368 g/mol. The molecule has 1 aromatic carbocycles. The molecular weight excluding hydrogens is 344 g/mol. The number of piperidine rings is 1. The van der Waals surface area contributed by atoms with Crippen molar-refractivity contribution in [2.24, 2.45) is 0 Å². The van der Waals surface area contributed by atoms with E-state index in [1.165, 1.54) is 0 Å². The molecule has 0 radical (unpaired) electrons. The minimum atomic E-state index is -0.272. The van der Waals surface area contributed by atoms with E-state index in [0.717, 1.165) is 44.6 Å². The molecule has 2 N–H and O–H groups in total. The van der Waals surface area contributed by atoms with Gasteiger partial charge in [-0.2, -0.15) is 0 Å². The molecule has 4 rings (SSSR count). The van der Waals surface area contributed by atoms with Gasteiger partial charge >= 0.3 is 0 Å². The van der Waals surface area contributed by atoms with E-state index in [2.05, 4.69) is 20.2 Å². The number of carbonyl (C=O) groups is 1. The number of para-hydroxylation sites is 1. The van der Waals surface area contributed by atoms with Crippen LogP contribution in [0.4, 0.5) is 5.82 Å². The lowest BCUT2D eigenvalue weighted by Gasteiger charge is -2.33. The Morgan fingerprint density at radius 1 is 1.19 bits per heavy atom. The number of hydrogen-bond donors (Lipinski definition) is 2. The molecule has 2 aromatic rings. The minimum absolute atomic E-state index is 0.0230. The van der Waals surface area contributed by atoms with Gasteiger partial charge in [-0.15, -0.1) is 0 Å². The number of carbonyl (C=O) groups excluding carboxylic acids is 1. The highest BCUT2D eigenvalue weighted by Gasteiger charge is 2.27. The number of amides is 1. The van der Waals surface area contributed by atoms with E-state index in [1.807, 2.05) is 12.1 Å². The van der Waals surface area contributed by atoms with Crippen molar-refractivity contribution >= 4 is 11.7 Å². The maximum atomic E-state index is 12.2. The van der Waals surface area contributed by atoms with Gasteiger partial charge in [-0.05, 0) is 43.9 Å². The highest BCUT2D eigenvalue weighted by atomic mass is 16.5. The lowest BCUT2D eigenvalue weighted by Crippen LogP contribution is -2.47. The highest BCUT2D eigenvalue weighted by molar-refractivity contribution is 5.81. The van der Waals surface area contributed by atoms with Gasteiger partial charge < -0.3 is 20.1 Å². The number of aromatic hydroxyl groups is 1. The fourth-order valence-electron chi connectivity index (χ4n) is 3.65. The molecule has 2 aliphatic rings. The number of nitrogens with zero attached hydrogens (tertiary/aromatic N) is 3. The topological polar surface area (TPSA) is 87.6 Å². The Kier molecular flexibility index (Phi) is 5.20. The molecule has 2 saturated heterocycles. The zero-order chi connectivity index (χ0) is 18.6. The van der Waals surface area contributed by atoms with E-state index < -0.39 is 0 Å². The van der Waals surface area contributed by atoms with Gasteiger partial charge in [0.2, 0.25) is 5.91 Å². The molecule has 0 aliphatic carbocycles. The first-order valence-electron chi connectivity index (χ1n) is 9.49. The largest absolute Gasteiger partial charge is 0.507 e. The van der Waals surface area contributed by atoms with E-state index in [-0.39, 0.29) is 23.8 Å². The standard InChI is InChI=1S/C20H24N4O3/c25-16-5-2-1-4-15(16)19-21-10-7-18(23-19)24-11-8-14(9-12-24)22-20(26)17-6-3-13-27-17/h1-2,4-5,7,10,14,17,25H,3,6,8-9,11-13H2,(H,22,26)/t17-/m1/s1. The van der Waals surface area contributed by atoms with Gasteiger partial charge in [-0.25, -0.2) is 9.97 Å². The van der Waals surface area contributed by atoms with E-state index >= 15 is 0 Å². The molecule has 1 atom stereocenters. The summed E-state index contributed by atoms with van der Waals surface area (Å²) in [6.07, 6.45) is 4.97. The fraction of sp³-hybridized carbons (Fsp3) is 0.450. The van der Waals surface area contributed by atoms with E-state index in [4.69, 9.17) is 4.74 Å². The van der Waals surface area contributed by atoms with Crippen LogP contribution in [0.5, 0.6) is 5.75 Å². The van der Waals surface area contributed by atoms with Crippen LogP contribution < -0.4 is 10.2 Å². The van der Waals surface area contributed by atoms with E-state index in [1.54, 1.807) is 24.4 Å². The third-order valence-corrected chi connectivity index (χ3v) is 5.17. The number of aromatic nitrogens is 2. The van der Waals surface area contributed by atoms with Crippen molar-refractivity contribution in [1.82, 2.24) is 15.3 Å². The predicted octanol–water partition coefficient (Wildman–Crippen LogP) is 2.11. The van der Waals surface area contributed by atoms with Crippen LogP contribution >= 0.6 is 0 Å². The van der Waals surface area contributed by atoms with Gasteiger partial charge in [0.1, 0.15) is 17.7 Å². The zero-order valence-corrected chi connectivity index (χ0v) is 15.2. The molecule has 0 spiro atoms. The highest BCUT2D eigenvalue weighted by Crippen LogP contribution is 2.27. The fourth-order valence-corrected chi connectivity index (χ4v) is 3.65. The van der Waals surface area contributed by atoms with Crippen LogP contribution in [0, 0.1) is 0 Å². The Morgan fingerprint density at radius 3 is 2.74 bits per heavy atom. The Hall–Kier alpha value is -2.67. The maximum absolute atomic E-state index is 12.2. The first-order chi connectivity index (χ1) is 13.2. The molecule has 1 amide bonds. The molecular formula is C20H24N4O3. The maximum Gasteiger partial charge on any atom is 0.249 e. The van der Waals surface area contributed by atoms with Gasteiger partial charge in [0, 0.05) is 31.9 Å². The molecule has 7 heteroatoms. The molecule has 0 saturated carbocycles. The first kappa shape index (κ1) is 17.7. The third-order valence-electron chi connectivity index (χ3n) is 5.17. The van der Waals surface area contributed by atoms with Crippen molar-refractivity contribution in [2.45, 2.75) is 37.8 Å².